The number of likely N-dealkylation sites (tertiary alicyclic amines) is 1. The lowest BCUT2D eigenvalue weighted by molar-refractivity contribution is -0.157. The van der Waals surface area contributed by atoms with Crippen LogP contribution >= 0.6 is 0 Å². The number of ketones is 1. The summed E-state index contributed by atoms with van der Waals surface area (Å²) in [6, 6.07) is 1.40. The predicted octanol–water partition coefficient (Wildman–Crippen LogP) is 1.94. The maximum atomic E-state index is 11.8. The van der Waals surface area contributed by atoms with Crippen LogP contribution in [0.4, 0.5) is 0 Å². The van der Waals surface area contributed by atoms with Crippen molar-refractivity contribution >= 4 is 5.78 Å². The zero-order valence-corrected chi connectivity index (χ0v) is 9.66. The summed E-state index contributed by atoms with van der Waals surface area (Å²) in [6.45, 7) is 9.69. The van der Waals surface area contributed by atoms with Crippen LogP contribution in [-0.4, -0.2) is 29.3 Å². The molecule has 1 aliphatic heterocycles. The molecular formula is C12H21NO. The topological polar surface area (TPSA) is 20.3 Å². The van der Waals surface area contributed by atoms with Crippen molar-refractivity contribution < 1.29 is 4.79 Å². The lowest BCUT2D eigenvalue weighted by Gasteiger charge is -2.61. The van der Waals surface area contributed by atoms with Crippen LogP contribution in [0.5, 0.6) is 0 Å². The number of carbonyl (C=O) groups excluding carboxylic acids is 1. The molecule has 2 aliphatic rings. The van der Waals surface area contributed by atoms with Crippen molar-refractivity contribution in [3.8, 4) is 0 Å². The molecule has 0 aromatic rings. The molecule has 2 fully saturated rings. The number of rotatable bonds is 3. The molecule has 0 aromatic carbocycles. The van der Waals surface area contributed by atoms with E-state index >= 15 is 0 Å². The lowest BCUT2D eigenvalue weighted by atomic mass is 9.59. The molecule has 2 heteroatoms. The summed E-state index contributed by atoms with van der Waals surface area (Å²) in [5.41, 5.74) is 0. The number of carbonyl (C=O) groups is 1. The first kappa shape index (κ1) is 10.2. The Kier molecular flexibility index (Phi) is 2.42. The third kappa shape index (κ3) is 1.31. The predicted molar refractivity (Wildman–Crippen MR) is 57.1 cm³/mol. The van der Waals surface area contributed by atoms with Gasteiger partial charge in [-0.3, -0.25) is 9.69 Å². The van der Waals surface area contributed by atoms with Crippen LogP contribution in [0.3, 0.4) is 0 Å². The van der Waals surface area contributed by atoms with Gasteiger partial charge in [0.1, 0.15) is 5.78 Å². The summed E-state index contributed by atoms with van der Waals surface area (Å²) < 4.78 is 0. The van der Waals surface area contributed by atoms with Crippen LogP contribution in [0.15, 0.2) is 0 Å². The highest BCUT2D eigenvalue weighted by atomic mass is 16.1. The summed E-state index contributed by atoms with van der Waals surface area (Å²) in [6.07, 6.45) is 1.12. The normalized spacial score (nSPS) is 36.6. The Morgan fingerprint density at radius 1 is 1.29 bits per heavy atom. The maximum Gasteiger partial charge on any atom is 0.138 e. The van der Waals surface area contributed by atoms with E-state index in [1.54, 1.807) is 0 Å². The van der Waals surface area contributed by atoms with Crippen molar-refractivity contribution in [2.45, 2.75) is 46.2 Å². The van der Waals surface area contributed by atoms with Crippen LogP contribution < -0.4 is 0 Å². The van der Waals surface area contributed by atoms with Gasteiger partial charge in [0.2, 0.25) is 0 Å². The van der Waals surface area contributed by atoms with Crippen molar-refractivity contribution in [3.05, 3.63) is 0 Å². The van der Waals surface area contributed by atoms with Gasteiger partial charge in [-0.25, -0.2) is 0 Å². The zero-order valence-electron chi connectivity index (χ0n) is 9.66. The van der Waals surface area contributed by atoms with Gasteiger partial charge < -0.3 is 0 Å². The number of Topliss-reactive ketones (excluding diaryl/α,β-unsaturated/α-hetero) is 1. The molecule has 0 bridgehead atoms. The molecular weight excluding hydrogens is 174 g/mol. The second-order valence-electron chi connectivity index (χ2n) is 5.42. The standard InChI is InChI=1S/C12H21NO/c1-7(2)12(14)9-5-11-10(9)6-13(11)8(3)4/h7-11H,5-6H2,1-4H3. The molecule has 0 N–H and O–H groups in total. The molecule has 0 aromatic heterocycles. The largest absolute Gasteiger partial charge is 0.299 e. The third-order valence-electron chi connectivity index (χ3n) is 3.95. The fraction of sp³-hybridized carbons (Fsp3) is 0.917. The first-order chi connectivity index (χ1) is 6.52. The summed E-state index contributed by atoms with van der Waals surface area (Å²) in [5.74, 6) is 1.83. The Labute approximate surface area is 86.7 Å². The van der Waals surface area contributed by atoms with Crippen LogP contribution in [0, 0.1) is 17.8 Å². The van der Waals surface area contributed by atoms with E-state index in [2.05, 4.69) is 18.7 Å². The van der Waals surface area contributed by atoms with E-state index < -0.39 is 0 Å². The molecule has 0 spiro atoms. The van der Waals surface area contributed by atoms with Crippen LogP contribution in [-0.2, 0) is 4.79 Å². The number of hydrogen-bond acceptors (Lipinski definition) is 2. The van der Waals surface area contributed by atoms with E-state index in [1.165, 1.54) is 0 Å². The second-order valence-corrected chi connectivity index (χ2v) is 5.42. The summed E-state index contributed by atoms with van der Waals surface area (Å²) in [7, 11) is 0. The minimum Gasteiger partial charge on any atom is -0.299 e. The molecule has 3 unspecified atom stereocenters. The molecule has 2 rings (SSSR count). The average molecular weight is 195 g/mol. The van der Waals surface area contributed by atoms with Crippen molar-refractivity contribution in [2.24, 2.45) is 17.8 Å². The number of hydrogen-bond donors (Lipinski definition) is 0. The van der Waals surface area contributed by atoms with E-state index in [-0.39, 0.29) is 5.92 Å². The fourth-order valence-corrected chi connectivity index (χ4v) is 2.90. The van der Waals surface area contributed by atoms with E-state index in [0.717, 1.165) is 19.0 Å². The third-order valence-corrected chi connectivity index (χ3v) is 3.95. The zero-order chi connectivity index (χ0) is 10.5. The van der Waals surface area contributed by atoms with Crippen LogP contribution in [0.25, 0.3) is 0 Å². The van der Waals surface area contributed by atoms with Crippen LogP contribution in [0.2, 0.25) is 0 Å². The highest BCUT2D eigenvalue weighted by Crippen LogP contribution is 2.48. The van der Waals surface area contributed by atoms with E-state index in [1.807, 2.05) is 13.8 Å². The first-order valence-electron chi connectivity index (χ1n) is 5.81. The monoisotopic (exact) mass is 195 g/mol. The van der Waals surface area contributed by atoms with Gasteiger partial charge in [0.25, 0.3) is 0 Å². The minimum atomic E-state index is 0.231. The highest BCUT2D eigenvalue weighted by Gasteiger charge is 2.55. The molecule has 1 saturated heterocycles. The maximum absolute atomic E-state index is 11.8. The molecule has 0 radical (unpaired) electrons. The highest BCUT2D eigenvalue weighted by molar-refractivity contribution is 5.84. The summed E-state index contributed by atoms with van der Waals surface area (Å²) in [4.78, 5) is 14.3. The van der Waals surface area contributed by atoms with E-state index in [4.69, 9.17) is 0 Å². The van der Waals surface area contributed by atoms with E-state index in [9.17, 15) is 4.79 Å². The van der Waals surface area contributed by atoms with Crippen LogP contribution in [0.1, 0.15) is 34.1 Å². The molecule has 3 atom stereocenters. The van der Waals surface area contributed by atoms with Gasteiger partial charge in [-0.05, 0) is 26.2 Å². The SMILES string of the molecule is CC(C)C(=O)C1CC2C1CN2C(C)C. The fourth-order valence-electron chi connectivity index (χ4n) is 2.90. The molecule has 0 amide bonds. The smallest absolute Gasteiger partial charge is 0.138 e. The molecule has 80 valence electrons. The van der Waals surface area contributed by atoms with Gasteiger partial charge in [-0.2, -0.15) is 0 Å². The van der Waals surface area contributed by atoms with Crippen molar-refractivity contribution in [3.63, 3.8) is 0 Å². The van der Waals surface area contributed by atoms with Gasteiger partial charge >= 0.3 is 0 Å². The number of nitrogens with zero attached hydrogens (tertiary/aromatic N) is 1. The lowest BCUT2D eigenvalue weighted by Crippen LogP contribution is -2.69. The van der Waals surface area contributed by atoms with Crippen molar-refractivity contribution in [1.29, 1.82) is 0 Å². The summed E-state index contributed by atoms with van der Waals surface area (Å²) >= 11 is 0. The Balaban J connectivity index is 1.87. The molecule has 1 saturated carbocycles. The Hall–Kier alpha value is -0.370. The number of fused-ring (bicyclic) bond motifs is 1. The molecule has 2 nitrogen and oxygen atoms in total. The second kappa shape index (κ2) is 3.34. The molecule has 1 aliphatic carbocycles. The Morgan fingerprint density at radius 2 is 1.93 bits per heavy atom. The summed E-state index contributed by atoms with van der Waals surface area (Å²) in [5, 5.41) is 0. The van der Waals surface area contributed by atoms with Gasteiger partial charge in [-0.15, -0.1) is 0 Å². The molecule has 1 heterocycles. The average Bonchev–Trinajstić information content (AvgIpc) is 2.06. The minimum absolute atomic E-state index is 0.231. The van der Waals surface area contributed by atoms with Crippen molar-refractivity contribution in [1.82, 2.24) is 4.90 Å². The van der Waals surface area contributed by atoms with Gasteiger partial charge in [0.15, 0.2) is 0 Å². The first-order valence-corrected chi connectivity index (χ1v) is 5.81. The Morgan fingerprint density at radius 3 is 2.29 bits per heavy atom. The quantitative estimate of drug-likeness (QED) is 0.686. The van der Waals surface area contributed by atoms with Gasteiger partial charge in [0.05, 0.1) is 0 Å². The number of piperidine rings is 1. The Bertz CT molecular complexity index is 247. The van der Waals surface area contributed by atoms with Gasteiger partial charge in [-0.1, -0.05) is 13.8 Å². The van der Waals surface area contributed by atoms with Crippen molar-refractivity contribution in [2.75, 3.05) is 6.54 Å². The van der Waals surface area contributed by atoms with E-state index in [0.29, 0.717) is 23.7 Å². The molecule has 14 heavy (non-hydrogen) atoms. The van der Waals surface area contributed by atoms with Gasteiger partial charge in [0, 0.05) is 30.5 Å².